The summed E-state index contributed by atoms with van der Waals surface area (Å²) in [4.78, 5) is 2.38. The molecule has 16 heavy (non-hydrogen) atoms. The smallest absolute Gasteiger partial charge is 0.0992 e. The molecule has 1 atom stereocenters. The fourth-order valence-electron chi connectivity index (χ4n) is 2.42. The average molecular weight is 215 g/mol. The van der Waals surface area contributed by atoms with Crippen molar-refractivity contribution >= 4 is 5.69 Å². The Balaban J connectivity index is 2.19. The van der Waals surface area contributed by atoms with Crippen LogP contribution in [0.4, 0.5) is 5.69 Å². The van der Waals surface area contributed by atoms with E-state index in [4.69, 9.17) is 11.0 Å². The molecular formula is C13H17N3. The molecule has 1 saturated heterocycles. The molecule has 3 heteroatoms. The molecule has 0 aromatic heterocycles. The molecule has 0 aliphatic carbocycles. The summed E-state index contributed by atoms with van der Waals surface area (Å²) in [6, 6.07) is 10.6. The highest BCUT2D eigenvalue weighted by atomic mass is 15.2. The molecule has 0 saturated carbocycles. The quantitative estimate of drug-likeness (QED) is 0.837. The maximum absolute atomic E-state index is 8.89. The number of benzene rings is 1. The molecule has 1 aliphatic heterocycles. The van der Waals surface area contributed by atoms with E-state index in [9.17, 15) is 0 Å². The maximum Gasteiger partial charge on any atom is 0.0992 e. The van der Waals surface area contributed by atoms with Gasteiger partial charge in [-0.2, -0.15) is 5.26 Å². The summed E-state index contributed by atoms with van der Waals surface area (Å²) in [5, 5.41) is 8.89. The fourth-order valence-corrected chi connectivity index (χ4v) is 2.42. The minimum absolute atomic E-state index is 0.555. The normalized spacial score (nSPS) is 19.8. The third kappa shape index (κ3) is 2.17. The first-order chi connectivity index (χ1) is 7.85. The Hall–Kier alpha value is -1.53. The Morgan fingerprint density at radius 3 is 3.12 bits per heavy atom. The van der Waals surface area contributed by atoms with Crippen LogP contribution in [0.3, 0.4) is 0 Å². The molecule has 1 fully saturated rings. The molecule has 1 aromatic carbocycles. The first kappa shape index (κ1) is 11.0. The molecule has 0 bridgehead atoms. The van der Waals surface area contributed by atoms with Gasteiger partial charge in [-0.05, 0) is 44.0 Å². The topological polar surface area (TPSA) is 53.0 Å². The first-order valence-corrected chi connectivity index (χ1v) is 5.82. The van der Waals surface area contributed by atoms with Gasteiger partial charge in [0.15, 0.2) is 0 Å². The fraction of sp³-hybridized carbons (Fsp3) is 0.462. The number of nitriles is 1. The SMILES string of the molecule is N#Cc1cccc(N2CCCC2CCN)c1. The zero-order valence-electron chi connectivity index (χ0n) is 9.39. The summed E-state index contributed by atoms with van der Waals surface area (Å²) in [5.74, 6) is 0. The summed E-state index contributed by atoms with van der Waals surface area (Å²) in [7, 11) is 0. The van der Waals surface area contributed by atoms with Crippen molar-refractivity contribution in [3.63, 3.8) is 0 Å². The predicted octanol–water partition coefficient (Wildman–Crippen LogP) is 1.88. The van der Waals surface area contributed by atoms with Crippen molar-refractivity contribution in [2.75, 3.05) is 18.0 Å². The van der Waals surface area contributed by atoms with Crippen LogP contribution in [0.1, 0.15) is 24.8 Å². The number of nitrogens with zero attached hydrogens (tertiary/aromatic N) is 2. The van der Waals surface area contributed by atoms with Gasteiger partial charge in [0.1, 0.15) is 0 Å². The van der Waals surface area contributed by atoms with Crippen molar-refractivity contribution in [2.24, 2.45) is 5.73 Å². The van der Waals surface area contributed by atoms with Crippen molar-refractivity contribution in [2.45, 2.75) is 25.3 Å². The highest BCUT2D eigenvalue weighted by Gasteiger charge is 2.23. The summed E-state index contributed by atoms with van der Waals surface area (Å²) >= 11 is 0. The minimum atomic E-state index is 0.555. The molecule has 3 nitrogen and oxygen atoms in total. The van der Waals surface area contributed by atoms with E-state index in [2.05, 4.69) is 17.0 Å². The van der Waals surface area contributed by atoms with Crippen LogP contribution >= 0.6 is 0 Å². The molecule has 2 rings (SSSR count). The Morgan fingerprint density at radius 2 is 2.38 bits per heavy atom. The molecule has 0 radical (unpaired) electrons. The van der Waals surface area contributed by atoms with Gasteiger partial charge in [-0.3, -0.25) is 0 Å². The van der Waals surface area contributed by atoms with Crippen LogP contribution in [0.2, 0.25) is 0 Å². The molecule has 1 unspecified atom stereocenters. The first-order valence-electron chi connectivity index (χ1n) is 5.82. The highest BCUT2D eigenvalue weighted by molar-refractivity contribution is 5.52. The van der Waals surface area contributed by atoms with E-state index in [-0.39, 0.29) is 0 Å². The summed E-state index contributed by atoms with van der Waals surface area (Å²) in [6.45, 7) is 1.82. The van der Waals surface area contributed by atoms with Gasteiger partial charge in [-0.25, -0.2) is 0 Å². The van der Waals surface area contributed by atoms with Crippen LogP contribution in [0, 0.1) is 11.3 Å². The number of hydrogen-bond acceptors (Lipinski definition) is 3. The van der Waals surface area contributed by atoms with Crippen molar-refractivity contribution < 1.29 is 0 Å². The van der Waals surface area contributed by atoms with E-state index in [1.54, 1.807) is 0 Å². The van der Waals surface area contributed by atoms with Crippen LogP contribution in [-0.2, 0) is 0 Å². The second kappa shape index (κ2) is 5.00. The Morgan fingerprint density at radius 1 is 1.50 bits per heavy atom. The zero-order valence-corrected chi connectivity index (χ0v) is 9.39. The Kier molecular flexibility index (Phi) is 3.43. The number of nitrogens with two attached hydrogens (primary N) is 1. The lowest BCUT2D eigenvalue weighted by atomic mass is 10.1. The maximum atomic E-state index is 8.89. The van der Waals surface area contributed by atoms with Gasteiger partial charge in [0.25, 0.3) is 0 Å². The summed E-state index contributed by atoms with van der Waals surface area (Å²) in [6.07, 6.45) is 3.48. The van der Waals surface area contributed by atoms with Crippen LogP contribution in [-0.4, -0.2) is 19.1 Å². The molecule has 84 valence electrons. The average Bonchev–Trinajstić information content (AvgIpc) is 2.78. The second-order valence-electron chi connectivity index (χ2n) is 4.23. The van der Waals surface area contributed by atoms with Gasteiger partial charge in [-0.1, -0.05) is 6.07 Å². The number of hydrogen-bond donors (Lipinski definition) is 1. The monoisotopic (exact) mass is 215 g/mol. The van der Waals surface area contributed by atoms with E-state index < -0.39 is 0 Å². The standard InChI is InChI=1S/C13H17N3/c14-7-6-12-5-2-8-16(12)13-4-1-3-11(9-13)10-15/h1,3-4,9,12H,2,5-8,14H2. The van der Waals surface area contributed by atoms with Crippen LogP contribution in [0.5, 0.6) is 0 Å². The van der Waals surface area contributed by atoms with Gasteiger partial charge in [0, 0.05) is 18.3 Å². The van der Waals surface area contributed by atoms with Gasteiger partial charge >= 0.3 is 0 Å². The number of rotatable bonds is 3. The second-order valence-corrected chi connectivity index (χ2v) is 4.23. The van der Waals surface area contributed by atoms with Gasteiger partial charge in [-0.15, -0.1) is 0 Å². The van der Waals surface area contributed by atoms with E-state index >= 15 is 0 Å². The minimum Gasteiger partial charge on any atom is -0.368 e. The van der Waals surface area contributed by atoms with Crippen molar-refractivity contribution in [1.82, 2.24) is 0 Å². The third-order valence-corrected chi connectivity index (χ3v) is 3.18. The van der Waals surface area contributed by atoms with E-state index in [1.807, 2.05) is 18.2 Å². The molecule has 1 aliphatic rings. The van der Waals surface area contributed by atoms with Crippen LogP contribution in [0.25, 0.3) is 0 Å². The van der Waals surface area contributed by atoms with Crippen LogP contribution in [0.15, 0.2) is 24.3 Å². The van der Waals surface area contributed by atoms with E-state index in [1.165, 1.54) is 12.8 Å². The van der Waals surface area contributed by atoms with Crippen molar-refractivity contribution in [3.05, 3.63) is 29.8 Å². The highest BCUT2D eigenvalue weighted by Crippen LogP contribution is 2.27. The lowest BCUT2D eigenvalue weighted by molar-refractivity contribution is 0.618. The summed E-state index contributed by atoms with van der Waals surface area (Å²) in [5.41, 5.74) is 7.52. The van der Waals surface area contributed by atoms with Gasteiger partial charge < -0.3 is 10.6 Å². The molecule has 0 amide bonds. The largest absolute Gasteiger partial charge is 0.368 e. The zero-order chi connectivity index (χ0) is 11.4. The van der Waals surface area contributed by atoms with E-state index in [0.29, 0.717) is 6.04 Å². The molecular weight excluding hydrogens is 198 g/mol. The lowest BCUT2D eigenvalue weighted by Gasteiger charge is -2.26. The Bertz CT molecular complexity index is 394. The molecule has 1 heterocycles. The number of anilines is 1. The molecule has 2 N–H and O–H groups in total. The van der Waals surface area contributed by atoms with Crippen molar-refractivity contribution in [3.8, 4) is 6.07 Å². The van der Waals surface area contributed by atoms with Gasteiger partial charge in [0.2, 0.25) is 0 Å². The van der Waals surface area contributed by atoms with Crippen LogP contribution < -0.4 is 10.6 Å². The molecule has 1 aromatic rings. The lowest BCUT2D eigenvalue weighted by Crippen LogP contribution is -2.31. The molecule has 0 spiro atoms. The summed E-state index contributed by atoms with van der Waals surface area (Å²) < 4.78 is 0. The van der Waals surface area contributed by atoms with Gasteiger partial charge in [0.05, 0.1) is 11.6 Å². The van der Waals surface area contributed by atoms with Crippen molar-refractivity contribution in [1.29, 1.82) is 5.26 Å². The van der Waals surface area contributed by atoms with E-state index in [0.717, 1.165) is 30.8 Å². The predicted molar refractivity (Wildman–Crippen MR) is 65.2 cm³/mol. The Labute approximate surface area is 96.5 Å². The third-order valence-electron chi connectivity index (χ3n) is 3.18.